The SMILES string of the molecule is CCCCCCCCc1ccc2c(c1)sc1c3ccc(C)cc3sc21. The van der Waals surface area contributed by atoms with Gasteiger partial charge in [-0.25, -0.2) is 0 Å². The molecule has 0 spiro atoms. The van der Waals surface area contributed by atoms with Gasteiger partial charge < -0.3 is 0 Å². The monoisotopic (exact) mass is 366 g/mol. The van der Waals surface area contributed by atoms with E-state index in [1.165, 1.54) is 85.6 Å². The van der Waals surface area contributed by atoms with Crippen LogP contribution in [0, 0.1) is 6.92 Å². The molecule has 4 rings (SSSR count). The number of unbranched alkanes of at least 4 members (excludes halogenated alkanes) is 5. The van der Waals surface area contributed by atoms with Gasteiger partial charge in [0.25, 0.3) is 0 Å². The lowest BCUT2D eigenvalue weighted by molar-refractivity contribution is 0.607. The molecule has 2 aromatic heterocycles. The number of thiophene rings is 2. The third-order valence-electron chi connectivity index (χ3n) is 5.12. The molecule has 0 aliphatic rings. The van der Waals surface area contributed by atoms with Gasteiger partial charge in [0.1, 0.15) is 0 Å². The minimum Gasteiger partial charge on any atom is -0.134 e. The van der Waals surface area contributed by atoms with Crippen molar-refractivity contribution in [3.05, 3.63) is 47.5 Å². The molecule has 25 heavy (non-hydrogen) atoms. The molecule has 0 fully saturated rings. The molecule has 2 heteroatoms. The van der Waals surface area contributed by atoms with Gasteiger partial charge in [0.05, 0.1) is 9.40 Å². The van der Waals surface area contributed by atoms with Crippen molar-refractivity contribution in [2.75, 3.05) is 0 Å². The number of hydrogen-bond acceptors (Lipinski definition) is 2. The number of benzene rings is 2. The summed E-state index contributed by atoms with van der Waals surface area (Å²) in [4.78, 5) is 0. The van der Waals surface area contributed by atoms with E-state index in [-0.39, 0.29) is 0 Å². The van der Waals surface area contributed by atoms with Crippen LogP contribution in [0.25, 0.3) is 29.6 Å². The van der Waals surface area contributed by atoms with E-state index < -0.39 is 0 Å². The van der Waals surface area contributed by atoms with Gasteiger partial charge in [0.2, 0.25) is 0 Å². The highest BCUT2D eigenvalue weighted by molar-refractivity contribution is 7.36. The summed E-state index contributed by atoms with van der Waals surface area (Å²) in [6.07, 6.45) is 9.47. The standard InChI is InChI=1S/C23H26S2/c1-3-4-5-6-7-8-9-17-11-13-19-21(15-17)25-22-18-12-10-16(2)14-20(18)24-23(19)22/h10-15H,3-9H2,1-2H3. The van der Waals surface area contributed by atoms with Crippen LogP contribution in [0.3, 0.4) is 0 Å². The van der Waals surface area contributed by atoms with Gasteiger partial charge >= 0.3 is 0 Å². The molecule has 2 aromatic carbocycles. The van der Waals surface area contributed by atoms with E-state index in [4.69, 9.17) is 0 Å². The fraction of sp³-hybridized carbons (Fsp3) is 0.391. The zero-order valence-corrected chi connectivity index (χ0v) is 16.9. The Bertz CT molecular complexity index is 1000. The number of fused-ring (bicyclic) bond motifs is 5. The van der Waals surface area contributed by atoms with Gasteiger partial charge in [-0.3, -0.25) is 0 Å². The second-order valence-electron chi connectivity index (χ2n) is 7.21. The molecule has 2 heterocycles. The molecule has 4 aromatic rings. The summed E-state index contributed by atoms with van der Waals surface area (Å²) >= 11 is 3.94. The fourth-order valence-corrected chi connectivity index (χ4v) is 6.49. The summed E-state index contributed by atoms with van der Waals surface area (Å²) in [6, 6.07) is 14.0. The Morgan fingerprint density at radius 3 is 2.12 bits per heavy atom. The fourth-order valence-electron chi connectivity index (χ4n) is 3.67. The summed E-state index contributed by atoms with van der Waals surface area (Å²) in [5.41, 5.74) is 2.86. The Labute approximate surface area is 158 Å². The van der Waals surface area contributed by atoms with E-state index in [1.807, 2.05) is 22.7 Å². The normalized spacial score (nSPS) is 11.9. The number of aryl methyl sites for hydroxylation is 2. The predicted octanol–water partition coefficient (Wildman–Crippen LogP) is 8.48. The van der Waals surface area contributed by atoms with Crippen LogP contribution in [-0.2, 0) is 6.42 Å². The molecule has 0 aliphatic carbocycles. The largest absolute Gasteiger partial charge is 0.134 e. The second kappa shape index (κ2) is 7.47. The molecule has 0 nitrogen and oxygen atoms in total. The van der Waals surface area contributed by atoms with Crippen molar-refractivity contribution >= 4 is 52.2 Å². The molecular formula is C23H26S2. The van der Waals surface area contributed by atoms with Crippen molar-refractivity contribution in [1.29, 1.82) is 0 Å². The number of hydrogen-bond donors (Lipinski definition) is 0. The zero-order valence-electron chi connectivity index (χ0n) is 15.2. The van der Waals surface area contributed by atoms with E-state index in [0.29, 0.717) is 0 Å². The quantitative estimate of drug-likeness (QED) is 0.288. The minimum absolute atomic E-state index is 1.23. The third-order valence-corrected chi connectivity index (χ3v) is 7.62. The molecule has 0 atom stereocenters. The molecule has 0 saturated heterocycles. The molecule has 130 valence electrons. The molecule has 0 saturated carbocycles. The smallest absolute Gasteiger partial charge is 0.0542 e. The molecule has 0 aliphatic heterocycles. The first-order valence-electron chi connectivity index (χ1n) is 9.60. The summed E-state index contributed by atoms with van der Waals surface area (Å²) in [5, 5.41) is 2.88. The van der Waals surface area contributed by atoms with Crippen LogP contribution in [0.2, 0.25) is 0 Å². The van der Waals surface area contributed by atoms with Crippen LogP contribution in [0.5, 0.6) is 0 Å². The van der Waals surface area contributed by atoms with Gasteiger partial charge in [-0.05, 0) is 43.0 Å². The maximum absolute atomic E-state index is 2.44. The van der Waals surface area contributed by atoms with Crippen LogP contribution in [0.15, 0.2) is 36.4 Å². The Hall–Kier alpha value is -1.38. The van der Waals surface area contributed by atoms with Gasteiger partial charge in [-0.1, -0.05) is 63.3 Å². The first kappa shape index (κ1) is 17.1. The lowest BCUT2D eigenvalue weighted by atomic mass is 10.0. The summed E-state index contributed by atoms with van der Waals surface area (Å²) < 4.78 is 5.85. The van der Waals surface area contributed by atoms with Crippen LogP contribution in [0.4, 0.5) is 0 Å². The first-order chi connectivity index (χ1) is 12.3. The van der Waals surface area contributed by atoms with Gasteiger partial charge in [-0.2, -0.15) is 0 Å². The van der Waals surface area contributed by atoms with E-state index in [2.05, 4.69) is 50.2 Å². The van der Waals surface area contributed by atoms with E-state index >= 15 is 0 Å². The zero-order chi connectivity index (χ0) is 17.2. The van der Waals surface area contributed by atoms with Crippen molar-refractivity contribution in [3.63, 3.8) is 0 Å². The number of rotatable bonds is 7. The summed E-state index contributed by atoms with van der Waals surface area (Å²) in [6.45, 7) is 4.46. The van der Waals surface area contributed by atoms with Crippen molar-refractivity contribution in [2.24, 2.45) is 0 Å². The first-order valence-corrected chi connectivity index (χ1v) is 11.2. The van der Waals surface area contributed by atoms with Crippen molar-refractivity contribution < 1.29 is 0 Å². The van der Waals surface area contributed by atoms with Gasteiger partial charge in [-0.15, -0.1) is 22.7 Å². The van der Waals surface area contributed by atoms with Crippen LogP contribution >= 0.6 is 22.7 Å². The minimum atomic E-state index is 1.23. The van der Waals surface area contributed by atoms with Crippen LogP contribution in [0.1, 0.15) is 56.6 Å². The Morgan fingerprint density at radius 1 is 0.720 bits per heavy atom. The highest BCUT2D eigenvalue weighted by Gasteiger charge is 2.12. The molecule has 0 N–H and O–H groups in total. The van der Waals surface area contributed by atoms with Crippen LogP contribution < -0.4 is 0 Å². The molecule has 0 amide bonds. The average molecular weight is 367 g/mol. The van der Waals surface area contributed by atoms with E-state index in [9.17, 15) is 0 Å². The lowest BCUT2D eigenvalue weighted by Crippen LogP contribution is -1.85. The van der Waals surface area contributed by atoms with E-state index in [1.54, 1.807) is 0 Å². The van der Waals surface area contributed by atoms with Crippen molar-refractivity contribution in [3.8, 4) is 0 Å². The molecule has 0 radical (unpaired) electrons. The van der Waals surface area contributed by atoms with E-state index in [0.717, 1.165) is 0 Å². The summed E-state index contributed by atoms with van der Waals surface area (Å²) in [7, 11) is 0. The highest BCUT2D eigenvalue weighted by Crippen LogP contribution is 2.44. The van der Waals surface area contributed by atoms with Gasteiger partial charge in [0.15, 0.2) is 0 Å². The predicted molar refractivity (Wildman–Crippen MR) is 117 cm³/mol. The van der Waals surface area contributed by atoms with Crippen molar-refractivity contribution in [2.45, 2.75) is 58.8 Å². The molecule has 0 unspecified atom stereocenters. The highest BCUT2D eigenvalue weighted by atomic mass is 32.1. The third kappa shape index (κ3) is 3.47. The Morgan fingerprint density at radius 2 is 1.36 bits per heavy atom. The second-order valence-corrected chi connectivity index (χ2v) is 9.31. The Kier molecular flexibility index (Phi) is 5.10. The summed E-state index contributed by atoms with van der Waals surface area (Å²) in [5.74, 6) is 0. The molecular weight excluding hydrogens is 340 g/mol. The Balaban J connectivity index is 1.55. The maximum atomic E-state index is 2.44. The lowest BCUT2D eigenvalue weighted by Gasteiger charge is -2.02. The van der Waals surface area contributed by atoms with Gasteiger partial charge in [0, 0.05) is 20.2 Å². The van der Waals surface area contributed by atoms with Crippen LogP contribution in [-0.4, -0.2) is 0 Å². The van der Waals surface area contributed by atoms with Crippen molar-refractivity contribution in [1.82, 2.24) is 0 Å². The average Bonchev–Trinajstić information content (AvgIpc) is 3.12. The topological polar surface area (TPSA) is 0 Å². The maximum Gasteiger partial charge on any atom is 0.0542 e. The molecule has 0 bridgehead atoms.